The number of benzene rings is 2. The Kier molecular flexibility index (Phi) is 6.31. The number of rotatable bonds is 5. The van der Waals surface area contributed by atoms with E-state index in [1.807, 2.05) is 64.1 Å². The minimum absolute atomic E-state index is 0.0415. The fourth-order valence-electron chi connectivity index (χ4n) is 3.88. The van der Waals surface area contributed by atoms with Crippen molar-refractivity contribution < 1.29 is 14.3 Å². The van der Waals surface area contributed by atoms with Crippen LogP contribution in [0.2, 0.25) is 5.02 Å². The van der Waals surface area contributed by atoms with Crippen LogP contribution in [0.5, 0.6) is 5.75 Å². The summed E-state index contributed by atoms with van der Waals surface area (Å²) in [6.45, 7) is 9.09. The molecule has 5 heteroatoms. The number of halogens is 1. The summed E-state index contributed by atoms with van der Waals surface area (Å²) in [5, 5.41) is 3.75. The molecule has 28 heavy (non-hydrogen) atoms. The predicted octanol–water partition coefficient (Wildman–Crippen LogP) is 5.43. The van der Waals surface area contributed by atoms with E-state index in [0.29, 0.717) is 31.1 Å². The summed E-state index contributed by atoms with van der Waals surface area (Å²) in [7, 11) is 0. The standard InChI is InChI=1S/C23H28ClNO3/c1-15(2)28-21-16(3)13-18(14-17(21)4)25-22(26)23(9-11-27-12-10-23)19-7-5-6-8-20(19)24/h5-8,13-15H,9-12H2,1-4H3,(H,25,26). The lowest BCUT2D eigenvalue weighted by Crippen LogP contribution is -2.45. The number of carbonyl (C=O) groups is 1. The van der Waals surface area contributed by atoms with E-state index < -0.39 is 5.41 Å². The first-order valence-electron chi connectivity index (χ1n) is 9.75. The minimum atomic E-state index is -0.689. The number of carbonyl (C=O) groups excluding carboxylic acids is 1. The Balaban J connectivity index is 1.92. The van der Waals surface area contributed by atoms with Gasteiger partial charge in [-0.25, -0.2) is 0 Å². The van der Waals surface area contributed by atoms with Crippen LogP contribution in [0.3, 0.4) is 0 Å². The average molecular weight is 402 g/mol. The number of ether oxygens (including phenoxy) is 2. The molecular formula is C23H28ClNO3. The van der Waals surface area contributed by atoms with E-state index in [1.165, 1.54) is 0 Å². The maximum absolute atomic E-state index is 13.5. The van der Waals surface area contributed by atoms with Crippen LogP contribution in [0.1, 0.15) is 43.4 Å². The Bertz CT molecular complexity index is 834. The minimum Gasteiger partial charge on any atom is -0.490 e. The van der Waals surface area contributed by atoms with Crippen molar-refractivity contribution in [2.75, 3.05) is 18.5 Å². The first kappa shape index (κ1) is 20.7. The fraction of sp³-hybridized carbons (Fsp3) is 0.435. The van der Waals surface area contributed by atoms with Crippen LogP contribution in [0.4, 0.5) is 5.69 Å². The summed E-state index contributed by atoms with van der Waals surface area (Å²) in [5.41, 5.74) is 2.95. The van der Waals surface area contributed by atoms with Gasteiger partial charge in [-0.3, -0.25) is 4.79 Å². The second kappa shape index (κ2) is 8.54. The number of hydrogen-bond donors (Lipinski definition) is 1. The van der Waals surface area contributed by atoms with Crippen LogP contribution in [0.15, 0.2) is 36.4 Å². The van der Waals surface area contributed by atoms with Crippen LogP contribution in [-0.4, -0.2) is 25.2 Å². The van der Waals surface area contributed by atoms with Gasteiger partial charge in [0.05, 0.1) is 11.5 Å². The van der Waals surface area contributed by atoms with E-state index >= 15 is 0 Å². The SMILES string of the molecule is Cc1cc(NC(=O)C2(c3ccccc3Cl)CCOCC2)cc(C)c1OC(C)C. The zero-order valence-electron chi connectivity index (χ0n) is 17.0. The summed E-state index contributed by atoms with van der Waals surface area (Å²) in [4.78, 5) is 13.5. The smallest absolute Gasteiger partial charge is 0.235 e. The largest absolute Gasteiger partial charge is 0.490 e. The zero-order chi connectivity index (χ0) is 20.3. The molecule has 1 N–H and O–H groups in total. The molecule has 3 rings (SSSR count). The van der Waals surface area contributed by atoms with E-state index in [1.54, 1.807) is 0 Å². The molecule has 0 radical (unpaired) electrons. The lowest BCUT2D eigenvalue weighted by atomic mass is 9.73. The summed E-state index contributed by atoms with van der Waals surface area (Å²) in [6, 6.07) is 11.5. The monoisotopic (exact) mass is 401 g/mol. The van der Waals surface area contributed by atoms with Gasteiger partial charge >= 0.3 is 0 Å². The van der Waals surface area contributed by atoms with E-state index in [4.69, 9.17) is 21.1 Å². The molecule has 1 heterocycles. The van der Waals surface area contributed by atoms with E-state index in [0.717, 1.165) is 28.1 Å². The van der Waals surface area contributed by atoms with E-state index in [2.05, 4.69) is 5.32 Å². The quantitative estimate of drug-likeness (QED) is 0.726. The van der Waals surface area contributed by atoms with Gasteiger partial charge in [0, 0.05) is 23.9 Å². The molecule has 1 amide bonds. The van der Waals surface area contributed by atoms with Crippen molar-refractivity contribution in [1.29, 1.82) is 0 Å². The maximum Gasteiger partial charge on any atom is 0.235 e. The Hall–Kier alpha value is -2.04. The van der Waals surface area contributed by atoms with Gasteiger partial charge in [0.1, 0.15) is 5.75 Å². The van der Waals surface area contributed by atoms with Crippen LogP contribution in [-0.2, 0) is 14.9 Å². The number of amides is 1. The molecule has 0 aliphatic carbocycles. The molecule has 0 saturated carbocycles. The lowest BCUT2D eigenvalue weighted by Gasteiger charge is -2.36. The van der Waals surface area contributed by atoms with Gasteiger partial charge in [-0.15, -0.1) is 0 Å². The predicted molar refractivity (Wildman–Crippen MR) is 113 cm³/mol. The molecule has 0 spiro atoms. The maximum atomic E-state index is 13.5. The number of aryl methyl sites for hydroxylation is 2. The third-order valence-corrected chi connectivity index (χ3v) is 5.57. The average Bonchev–Trinajstić information content (AvgIpc) is 2.65. The second-order valence-corrected chi connectivity index (χ2v) is 8.14. The van der Waals surface area contributed by atoms with Crippen molar-refractivity contribution in [2.45, 2.75) is 52.1 Å². The van der Waals surface area contributed by atoms with Crippen LogP contribution < -0.4 is 10.1 Å². The fourth-order valence-corrected chi connectivity index (χ4v) is 4.20. The summed E-state index contributed by atoms with van der Waals surface area (Å²) < 4.78 is 11.4. The number of nitrogens with one attached hydrogen (secondary N) is 1. The second-order valence-electron chi connectivity index (χ2n) is 7.73. The molecule has 1 fully saturated rings. The third-order valence-electron chi connectivity index (χ3n) is 5.24. The number of hydrogen-bond acceptors (Lipinski definition) is 3. The molecule has 0 bridgehead atoms. The molecule has 2 aromatic rings. The van der Waals surface area contributed by atoms with Crippen molar-refractivity contribution in [3.8, 4) is 5.75 Å². The van der Waals surface area contributed by atoms with Gasteiger partial charge in [0.25, 0.3) is 0 Å². The highest BCUT2D eigenvalue weighted by atomic mass is 35.5. The first-order valence-corrected chi connectivity index (χ1v) is 10.1. The topological polar surface area (TPSA) is 47.6 Å². The first-order chi connectivity index (χ1) is 13.3. The molecule has 4 nitrogen and oxygen atoms in total. The highest BCUT2D eigenvalue weighted by Gasteiger charge is 2.43. The van der Waals surface area contributed by atoms with Gasteiger partial charge in [0.2, 0.25) is 5.91 Å². The Morgan fingerprint density at radius 3 is 2.32 bits per heavy atom. The highest BCUT2D eigenvalue weighted by molar-refractivity contribution is 6.31. The third kappa shape index (κ3) is 4.18. The number of anilines is 1. The summed E-state index contributed by atoms with van der Waals surface area (Å²) in [6.07, 6.45) is 1.31. The molecule has 1 saturated heterocycles. The molecule has 0 aromatic heterocycles. The van der Waals surface area contributed by atoms with Crippen molar-refractivity contribution in [3.05, 3.63) is 58.1 Å². The van der Waals surface area contributed by atoms with Crippen molar-refractivity contribution in [3.63, 3.8) is 0 Å². The normalized spacial score (nSPS) is 16.1. The van der Waals surface area contributed by atoms with Gasteiger partial charge in [-0.1, -0.05) is 29.8 Å². The van der Waals surface area contributed by atoms with E-state index in [9.17, 15) is 4.79 Å². The van der Waals surface area contributed by atoms with Crippen LogP contribution >= 0.6 is 11.6 Å². The summed E-state index contributed by atoms with van der Waals surface area (Å²) >= 11 is 6.48. The Morgan fingerprint density at radius 1 is 1.14 bits per heavy atom. The van der Waals surface area contributed by atoms with Crippen molar-refractivity contribution in [1.82, 2.24) is 0 Å². The zero-order valence-corrected chi connectivity index (χ0v) is 17.7. The Morgan fingerprint density at radius 2 is 1.75 bits per heavy atom. The van der Waals surface area contributed by atoms with Crippen molar-refractivity contribution in [2.24, 2.45) is 0 Å². The van der Waals surface area contributed by atoms with Gasteiger partial charge < -0.3 is 14.8 Å². The van der Waals surface area contributed by atoms with Gasteiger partial charge in [0.15, 0.2) is 0 Å². The molecule has 0 atom stereocenters. The molecule has 1 aliphatic heterocycles. The molecule has 0 unspecified atom stereocenters. The van der Waals surface area contributed by atoms with Crippen molar-refractivity contribution >= 4 is 23.2 Å². The molecule has 150 valence electrons. The Labute approximate surface area is 172 Å². The van der Waals surface area contributed by atoms with Crippen LogP contribution in [0.25, 0.3) is 0 Å². The van der Waals surface area contributed by atoms with Gasteiger partial charge in [-0.2, -0.15) is 0 Å². The lowest BCUT2D eigenvalue weighted by molar-refractivity contribution is -0.125. The summed E-state index contributed by atoms with van der Waals surface area (Å²) in [5.74, 6) is 0.833. The van der Waals surface area contributed by atoms with Crippen LogP contribution in [0, 0.1) is 13.8 Å². The molecule has 1 aliphatic rings. The van der Waals surface area contributed by atoms with E-state index in [-0.39, 0.29) is 12.0 Å². The highest BCUT2D eigenvalue weighted by Crippen LogP contribution is 2.40. The molecule has 2 aromatic carbocycles. The molecular weight excluding hydrogens is 374 g/mol. The van der Waals surface area contributed by atoms with Gasteiger partial charge in [-0.05, 0) is 75.4 Å².